The molecule has 2 aromatic rings. The molecule has 0 bridgehead atoms. The molecule has 1 aliphatic heterocycles. The molecule has 4 nitrogen and oxygen atoms in total. The predicted molar refractivity (Wildman–Crippen MR) is 85.0 cm³/mol. The lowest BCUT2D eigenvalue weighted by atomic mass is 10.0. The summed E-state index contributed by atoms with van der Waals surface area (Å²) in [5.74, 6) is 0. The number of rotatable bonds is 2. The van der Waals surface area contributed by atoms with Gasteiger partial charge in [0.1, 0.15) is 0 Å². The molecule has 0 saturated heterocycles. The van der Waals surface area contributed by atoms with Crippen LogP contribution in [-0.2, 0) is 20.0 Å². The van der Waals surface area contributed by atoms with E-state index in [-0.39, 0.29) is 11.6 Å². The number of fused-ring (bicyclic) bond motifs is 1. The van der Waals surface area contributed by atoms with Crippen LogP contribution in [0.3, 0.4) is 0 Å². The van der Waals surface area contributed by atoms with Crippen molar-refractivity contribution in [2.75, 3.05) is 6.54 Å². The molecule has 1 aliphatic rings. The first-order chi connectivity index (χ1) is 9.97. The standard InChI is InChI=1S/C15H17Cl2N3O/c1-9(12-7-10(16)3-4-13(12)17)20-6-5-11-14(8-20)19(2)18-15(11)21/h3-4,7,9H,5-6,8H2,1-2H3,(H,18,21). The van der Waals surface area contributed by atoms with Crippen LogP contribution in [0.2, 0.25) is 10.0 Å². The van der Waals surface area contributed by atoms with Gasteiger partial charge in [0.05, 0.1) is 5.69 Å². The highest BCUT2D eigenvalue weighted by molar-refractivity contribution is 6.33. The molecule has 0 amide bonds. The molecular weight excluding hydrogens is 309 g/mol. The van der Waals surface area contributed by atoms with Gasteiger partial charge in [0.25, 0.3) is 5.56 Å². The smallest absolute Gasteiger partial charge is 0.267 e. The number of aryl methyl sites for hydroxylation is 1. The number of nitrogens with one attached hydrogen (secondary N) is 1. The Morgan fingerprint density at radius 3 is 2.86 bits per heavy atom. The first kappa shape index (κ1) is 14.7. The zero-order valence-corrected chi connectivity index (χ0v) is 13.5. The summed E-state index contributed by atoms with van der Waals surface area (Å²) in [7, 11) is 1.88. The van der Waals surface area contributed by atoms with Crippen LogP contribution in [0.4, 0.5) is 0 Å². The van der Waals surface area contributed by atoms with E-state index in [0.717, 1.165) is 41.4 Å². The van der Waals surface area contributed by atoms with Crippen molar-refractivity contribution < 1.29 is 0 Å². The zero-order valence-electron chi connectivity index (χ0n) is 12.0. The molecule has 0 spiro atoms. The van der Waals surface area contributed by atoms with E-state index in [1.54, 1.807) is 6.07 Å². The van der Waals surface area contributed by atoms with Crippen LogP contribution in [0.25, 0.3) is 0 Å². The van der Waals surface area contributed by atoms with Gasteiger partial charge in [-0.25, -0.2) is 0 Å². The minimum atomic E-state index is 0.0283. The van der Waals surface area contributed by atoms with Gasteiger partial charge >= 0.3 is 0 Å². The third-order valence-electron chi connectivity index (χ3n) is 4.25. The molecule has 0 fully saturated rings. The Balaban J connectivity index is 1.90. The summed E-state index contributed by atoms with van der Waals surface area (Å²) in [6.07, 6.45) is 0.758. The molecule has 112 valence electrons. The van der Waals surface area contributed by atoms with E-state index in [1.165, 1.54) is 0 Å². The highest BCUT2D eigenvalue weighted by Crippen LogP contribution is 2.32. The summed E-state index contributed by atoms with van der Waals surface area (Å²) < 4.78 is 1.82. The van der Waals surface area contributed by atoms with Gasteiger partial charge in [0, 0.05) is 41.8 Å². The molecule has 1 unspecified atom stereocenters. The monoisotopic (exact) mass is 325 g/mol. The fourth-order valence-corrected chi connectivity index (χ4v) is 3.42. The Hall–Kier alpha value is -1.23. The quantitative estimate of drug-likeness (QED) is 0.921. The fourth-order valence-electron chi connectivity index (χ4n) is 2.97. The minimum Gasteiger partial charge on any atom is -0.291 e. The summed E-state index contributed by atoms with van der Waals surface area (Å²) in [5.41, 5.74) is 3.00. The van der Waals surface area contributed by atoms with Gasteiger partial charge in [0.2, 0.25) is 0 Å². The third-order valence-corrected chi connectivity index (χ3v) is 4.83. The van der Waals surface area contributed by atoms with E-state index < -0.39 is 0 Å². The van der Waals surface area contributed by atoms with Crippen LogP contribution in [0.5, 0.6) is 0 Å². The van der Waals surface area contributed by atoms with E-state index in [1.807, 2.05) is 23.9 Å². The van der Waals surface area contributed by atoms with E-state index in [4.69, 9.17) is 23.2 Å². The van der Waals surface area contributed by atoms with Crippen molar-refractivity contribution in [1.29, 1.82) is 0 Å². The molecule has 1 aromatic carbocycles. The van der Waals surface area contributed by atoms with Gasteiger partial charge in [0.15, 0.2) is 0 Å². The highest BCUT2D eigenvalue weighted by atomic mass is 35.5. The number of aromatic amines is 1. The largest absolute Gasteiger partial charge is 0.291 e. The number of H-pyrrole nitrogens is 1. The van der Waals surface area contributed by atoms with Gasteiger partial charge in [-0.15, -0.1) is 0 Å². The second kappa shape index (κ2) is 5.52. The zero-order chi connectivity index (χ0) is 15.1. The van der Waals surface area contributed by atoms with Crippen molar-refractivity contribution in [3.05, 3.63) is 55.4 Å². The molecule has 0 saturated carbocycles. The molecule has 2 heterocycles. The lowest BCUT2D eigenvalue weighted by Gasteiger charge is -2.33. The van der Waals surface area contributed by atoms with E-state index in [2.05, 4.69) is 16.9 Å². The maximum Gasteiger partial charge on any atom is 0.267 e. The number of benzene rings is 1. The average Bonchev–Trinajstić information content (AvgIpc) is 2.75. The molecule has 1 aromatic heterocycles. The summed E-state index contributed by atoms with van der Waals surface area (Å²) in [6.45, 7) is 3.69. The molecule has 0 aliphatic carbocycles. The van der Waals surface area contributed by atoms with Gasteiger partial charge in [-0.2, -0.15) is 0 Å². The van der Waals surface area contributed by atoms with Crippen LogP contribution in [0.15, 0.2) is 23.0 Å². The van der Waals surface area contributed by atoms with Crippen LogP contribution in [0, 0.1) is 0 Å². The predicted octanol–water partition coefficient (Wildman–Crippen LogP) is 3.14. The highest BCUT2D eigenvalue weighted by Gasteiger charge is 2.26. The molecule has 3 rings (SSSR count). The Kier molecular flexibility index (Phi) is 3.86. The van der Waals surface area contributed by atoms with Gasteiger partial charge in [-0.3, -0.25) is 19.5 Å². The molecule has 21 heavy (non-hydrogen) atoms. The molecule has 1 N–H and O–H groups in total. The van der Waals surface area contributed by atoms with Gasteiger partial charge in [-0.05, 0) is 37.1 Å². The summed E-state index contributed by atoms with van der Waals surface area (Å²) in [5, 5.41) is 4.24. The summed E-state index contributed by atoms with van der Waals surface area (Å²) >= 11 is 12.4. The Morgan fingerprint density at radius 2 is 2.10 bits per heavy atom. The van der Waals surface area contributed by atoms with Crippen LogP contribution >= 0.6 is 23.2 Å². The molecular formula is C15H17Cl2N3O. The molecule has 1 atom stereocenters. The van der Waals surface area contributed by atoms with Crippen molar-refractivity contribution in [2.24, 2.45) is 7.05 Å². The minimum absolute atomic E-state index is 0.0283. The third kappa shape index (κ3) is 2.63. The Morgan fingerprint density at radius 1 is 1.33 bits per heavy atom. The average molecular weight is 326 g/mol. The Bertz CT molecular complexity index is 735. The molecule has 6 heteroatoms. The summed E-state index contributed by atoms with van der Waals surface area (Å²) in [6, 6.07) is 5.69. The van der Waals surface area contributed by atoms with Crippen molar-refractivity contribution in [3.63, 3.8) is 0 Å². The lowest BCUT2D eigenvalue weighted by molar-refractivity contribution is 0.187. The maximum absolute atomic E-state index is 11.8. The number of halogens is 2. The number of hydrogen-bond donors (Lipinski definition) is 1. The van der Waals surface area contributed by atoms with E-state index in [9.17, 15) is 4.79 Å². The first-order valence-electron chi connectivity index (χ1n) is 6.93. The van der Waals surface area contributed by atoms with Crippen LogP contribution < -0.4 is 5.56 Å². The first-order valence-corrected chi connectivity index (χ1v) is 7.68. The van der Waals surface area contributed by atoms with Crippen LogP contribution in [0.1, 0.15) is 29.8 Å². The summed E-state index contributed by atoms with van der Waals surface area (Å²) in [4.78, 5) is 14.1. The number of hydrogen-bond acceptors (Lipinski definition) is 2. The van der Waals surface area contributed by atoms with Crippen molar-refractivity contribution in [2.45, 2.75) is 25.9 Å². The van der Waals surface area contributed by atoms with E-state index >= 15 is 0 Å². The van der Waals surface area contributed by atoms with Gasteiger partial charge < -0.3 is 0 Å². The topological polar surface area (TPSA) is 41.0 Å². The number of aromatic nitrogens is 2. The van der Waals surface area contributed by atoms with Crippen molar-refractivity contribution in [3.8, 4) is 0 Å². The van der Waals surface area contributed by atoms with Crippen LogP contribution in [-0.4, -0.2) is 21.2 Å². The number of nitrogens with zero attached hydrogens (tertiary/aromatic N) is 2. The maximum atomic E-state index is 11.8. The van der Waals surface area contributed by atoms with E-state index in [0.29, 0.717) is 5.02 Å². The lowest BCUT2D eigenvalue weighted by Crippen LogP contribution is -2.34. The Labute approximate surface area is 133 Å². The molecule has 0 radical (unpaired) electrons. The SMILES string of the molecule is CC(c1cc(Cl)ccc1Cl)N1CCc2c(n(C)[nH]c2=O)C1. The fraction of sp³-hybridized carbons (Fsp3) is 0.400. The van der Waals surface area contributed by atoms with Gasteiger partial charge in [-0.1, -0.05) is 23.2 Å². The second-order valence-electron chi connectivity index (χ2n) is 5.49. The van der Waals surface area contributed by atoms with Crippen molar-refractivity contribution >= 4 is 23.2 Å². The van der Waals surface area contributed by atoms with Crippen molar-refractivity contribution in [1.82, 2.24) is 14.7 Å². The normalized spacial score (nSPS) is 16.8. The second-order valence-corrected chi connectivity index (χ2v) is 6.33.